The number of hydrogen-bond donors (Lipinski definition) is 2. The second kappa shape index (κ2) is 4.94. The predicted octanol–water partition coefficient (Wildman–Crippen LogP) is 1.17. The summed E-state index contributed by atoms with van der Waals surface area (Å²) < 4.78 is 10.9. The van der Waals surface area contributed by atoms with Gasteiger partial charge in [-0.3, -0.25) is 0 Å². The lowest BCUT2D eigenvalue weighted by Gasteiger charge is -2.27. The van der Waals surface area contributed by atoms with Crippen molar-refractivity contribution in [2.45, 2.75) is 18.4 Å². The van der Waals surface area contributed by atoms with Gasteiger partial charge in [0.25, 0.3) is 0 Å². The highest BCUT2D eigenvalue weighted by Gasteiger charge is 2.42. The van der Waals surface area contributed by atoms with Gasteiger partial charge < -0.3 is 20.3 Å². The van der Waals surface area contributed by atoms with Gasteiger partial charge in [-0.05, 0) is 30.9 Å². The van der Waals surface area contributed by atoms with Crippen molar-refractivity contribution in [1.82, 2.24) is 0 Å². The van der Waals surface area contributed by atoms with E-state index in [1.54, 1.807) is 7.11 Å². The van der Waals surface area contributed by atoms with E-state index >= 15 is 0 Å². The predicted molar refractivity (Wildman–Crippen MR) is 65.2 cm³/mol. The second-order valence-electron chi connectivity index (χ2n) is 4.61. The number of aliphatic hydroxyl groups is 1. The molecule has 3 N–H and O–H groups in total. The molecule has 2 rings (SSSR count). The van der Waals surface area contributed by atoms with Gasteiger partial charge in [-0.1, -0.05) is 12.1 Å². The van der Waals surface area contributed by atoms with E-state index in [4.69, 9.17) is 15.2 Å². The molecule has 0 aromatic heterocycles. The molecule has 0 amide bonds. The zero-order valence-corrected chi connectivity index (χ0v) is 10.1. The number of aliphatic hydroxyl groups excluding tert-OH is 1. The van der Waals surface area contributed by atoms with Gasteiger partial charge in [0.15, 0.2) is 11.5 Å². The Morgan fingerprint density at radius 1 is 1.35 bits per heavy atom. The fourth-order valence-electron chi connectivity index (χ4n) is 1.90. The van der Waals surface area contributed by atoms with Crippen LogP contribution in [0.1, 0.15) is 12.8 Å². The molecule has 94 valence electrons. The van der Waals surface area contributed by atoms with E-state index < -0.39 is 5.54 Å². The molecule has 1 fully saturated rings. The quantitative estimate of drug-likeness (QED) is 0.779. The standard InChI is InChI=1S/C13H19NO3/c1-16-11-4-2-3-5-12(11)17-9-13(14,8-15)10-6-7-10/h2-5,10,15H,6-9,14H2,1H3. The molecule has 1 aliphatic carbocycles. The normalized spacial score (nSPS) is 18.5. The highest BCUT2D eigenvalue weighted by atomic mass is 16.5. The van der Waals surface area contributed by atoms with Crippen LogP contribution in [0.2, 0.25) is 0 Å². The Kier molecular flexibility index (Phi) is 3.54. The van der Waals surface area contributed by atoms with Crippen LogP contribution in [0, 0.1) is 5.92 Å². The molecule has 4 heteroatoms. The Balaban J connectivity index is 2.01. The van der Waals surface area contributed by atoms with Gasteiger partial charge in [0.1, 0.15) is 6.61 Å². The van der Waals surface area contributed by atoms with Gasteiger partial charge in [-0.2, -0.15) is 0 Å². The van der Waals surface area contributed by atoms with Crippen LogP contribution in [-0.4, -0.2) is 31.0 Å². The fraction of sp³-hybridized carbons (Fsp3) is 0.538. The van der Waals surface area contributed by atoms with Gasteiger partial charge in [0, 0.05) is 0 Å². The van der Waals surface area contributed by atoms with E-state index in [0.29, 0.717) is 24.0 Å². The van der Waals surface area contributed by atoms with E-state index in [9.17, 15) is 5.11 Å². The summed E-state index contributed by atoms with van der Waals surface area (Å²) >= 11 is 0. The smallest absolute Gasteiger partial charge is 0.161 e. The summed E-state index contributed by atoms with van der Waals surface area (Å²) in [7, 11) is 1.60. The maximum absolute atomic E-state index is 9.36. The molecule has 1 aliphatic rings. The highest BCUT2D eigenvalue weighted by Crippen LogP contribution is 2.38. The van der Waals surface area contributed by atoms with Gasteiger partial charge in [0.05, 0.1) is 19.3 Å². The lowest BCUT2D eigenvalue weighted by molar-refractivity contribution is 0.115. The molecular formula is C13H19NO3. The summed E-state index contributed by atoms with van der Waals surface area (Å²) in [5, 5.41) is 9.36. The van der Waals surface area contributed by atoms with Crippen molar-refractivity contribution >= 4 is 0 Å². The van der Waals surface area contributed by atoms with E-state index in [2.05, 4.69) is 0 Å². The van der Waals surface area contributed by atoms with Crippen LogP contribution in [0.4, 0.5) is 0 Å². The number of rotatable bonds is 6. The van der Waals surface area contributed by atoms with Crippen LogP contribution < -0.4 is 15.2 Å². The molecule has 1 aromatic carbocycles. The Labute approximate surface area is 101 Å². The molecule has 0 saturated heterocycles. The monoisotopic (exact) mass is 237 g/mol. The minimum Gasteiger partial charge on any atom is -0.493 e. The van der Waals surface area contributed by atoms with Crippen LogP contribution >= 0.6 is 0 Å². The number of benzene rings is 1. The summed E-state index contributed by atoms with van der Waals surface area (Å²) in [5.41, 5.74) is 5.50. The minimum absolute atomic E-state index is 0.0488. The van der Waals surface area contributed by atoms with Crippen LogP contribution in [0.5, 0.6) is 11.5 Å². The number of hydrogen-bond acceptors (Lipinski definition) is 4. The Hall–Kier alpha value is -1.26. The first-order chi connectivity index (χ1) is 8.19. The molecule has 0 radical (unpaired) electrons. The van der Waals surface area contributed by atoms with Crippen molar-refractivity contribution in [2.75, 3.05) is 20.3 Å². The Bertz CT molecular complexity index is 379. The van der Waals surface area contributed by atoms with Gasteiger partial charge in [-0.25, -0.2) is 0 Å². The van der Waals surface area contributed by atoms with Crippen molar-refractivity contribution in [2.24, 2.45) is 11.7 Å². The molecule has 4 nitrogen and oxygen atoms in total. The molecule has 1 aromatic rings. The van der Waals surface area contributed by atoms with Gasteiger partial charge in [0.2, 0.25) is 0 Å². The summed E-state index contributed by atoms with van der Waals surface area (Å²) in [6.07, 6.45) is 2.15. The second-order valence-corrected chi connectivity index (χ2v) is 4.61. The number of para-hydroxylation sites is 2. The van der Waals surface area contributed by atoms with E-state index in [0.717, 1.165) is 12.8 Å². The minimum atomic E-state index is -0.624. The maximum Gasteiger partial charge on any atom is 0.161 e. The number of nitrogens with two attached hydrogens (primary N) is 1. The number of methoxy groups -OCH3 is 1. The van der Waals surface area contributed by atoms with Crippen LogP contribution in [0.15, 0.2) is 24.3 Å². The third kappa shape index (κ3) is 2.70. The Morgan fingerprint density at radius 2 is 2.00 bits per heavy atom. The molecular weight excluding hydrogens is 218 g/mol. The average molecular weight is 237 g/mol. The molecule has 0 aliphatic heterocycles. The summed E-state index contributed by atoms with van der Waals surface area (Å²) in [6, 6.07) is 7.44. The first-order valence-corrected chi connectivity index (χ1v) is 5.85. The van der Waals surface area contributed by atoms with E-state index in [-0.39, 0.29) is 6.61 Å². The topological polar surface area (TPSA) is 64.7 Å². The van der Waals surface area contributed by atoms with Crippen molar-refractivity contribution in [3.8, 4) is 11.5 Å². The average Bonchev–Trinajstić information content (AvgIpc) is 3.21. The first kappa shape index (κ1) is 12.2. The van der Waals surface area contributed by atoms with Crippen molar-refractivity contribution in [3.63, 3.8) is 0 Å². The zero-order valence-electron chi connectivity index (χ0n) is 10.1. The van der Waals surface area contributed by atoms with Gasteiger partial charge >= 0.3 is 0 Å². The molecule has 1 unspecified atom stereocenters. The van der Waals surface area contributed by atoms with Crippen LogP contribution in [0.3, 0.4) is 0 Å². The SMILES string of the molecule is COc1ccccc1OCC(N)(CO)C1CC1. The van der Waals surface area contributed by atoms with Crippen molar-refractivity contribution in [1.29, 1.82) is 0 Å². The van der Waals surface area contributed by atoms with Crippen molar-refractivity contribution in [3.05, 3.63) is 24.3 Å². The molecule has 0 bridgehead atoms. The Morgan fingerprint density at radius 3 is 2.53 bits per heavy atom. The third-order valence-corrected chi connectivity index (χ3v) is 3.25. The molecule has 0 spiro atoms. The highest BCUT2D eigenvalue weighted by molar-refractivity contribution is 5.39. The third-order valence-electron chi connectivity index (χ3n) is 3.25. The fourth-order valence-corrected chi connectivity index (χ4v) is 1.90. The molecule has 0 heterocycles. The summed E-state index contributed by atoms with van der Waals surface area (Å²) in [5.74, 6) is 1.73. The largest absolute Gasteiger partial charge is 0.493 e. The summed E-state index contributed by atoms with van der Waals surface area (Å²) in [4.78, 5) is 0. The van der Waals surface area contributed by atoms with E-state index in [1.807, 2.05) is 24.3 Å². The molecule has 1 atom stereocenters. The summed E-state index contributed by atoms with van der Waals surface area (Å²) in [6.45, 7) is 0.265. The van der Waals surface area contributed by atoms with Crippen LogP contribution in [-0.2, 0) is 0 Å². The van der Waals surface area contributed by atoms with Crippen LogP contribution in [0.25, 0.3) is 0 Å². The lowest BCUT2D eigenvalue weighted by atomic mass is 9.97. The molecule has 17 heavy (non-hydrogen) atoms. The number of ether oxygens (including phenoxy) is 2. The lowest BCUT2D eigenvalue weighted by Crippen LogP contribution is -2.51. The zero-order chi connectivity index (χ0) is 12.3. The molecule has 1 saturated carbocycles. The van der Waals surface area contributed by atoms with Gasteiger partial charge in [-0.15, -0.1) is 0 Å². The maximum atomic E-state index is 9.36. The van der Waals surface area contributed by atoms with Crippen molar-refractivity contribution < 1.29 is 14.6 Å². The van der Waals surface area contributed by atoms with E-state index in [1.165, 1.54) is 0 Å². The first-order valence-electron chi connectivity index (χ1n) is 5.85.